The molecular formula is C27H29NO3. The highest BCUT2D eigenvalue weighted by Crippen LogP contribution is 2.45. The van der Waals surface area contributed by atoms with E-state index >= 15 is 0 Å². The van der Waals surface area contributed by atoms with E-state index in [1.807, 2.05) is 30.9 Å². The van der Waals surface area contributed by atoms with Crippen LogP contribution in [0.4, 0.5) is 4.79 Å². The van der Waals surface area contributed by atoms with Crippen LogP contribution in [0.25, 0.3) is 11.1 Å². The molecule has 3 aliphatic rings. The number of rotatable bonds is 4. The third-order valence-corrected chi connectivity index (χ3v) is 7.11. The van der Waals surface area contributed by atoms with E-state index in [1.165, 1.54) is 22.3 Å². The van der Waals surface area contributed by atoms with Crippen LogP contribution in [0, 0.1) is 5.92 Å². The molecule has 0 N–H and O–H groups in total. The lowest BCUT2D eigenvalue weighted by Gasteiger charge is -2.37. The maximum absolute atomic E-state index is 13.1. The fraction of sp³-hybridized carbons (Fsp3) is 0.407. The van der Waals surface area contributed by atoms with E-state index in [0.29, 0.717) is 6.61 Å². The third-order valence-electron chi connectivity index (χ3n) is 7.11. The topological polar surface area (TPSA) is 46.6 Å². The van der Waals surface area contributed by atoms with Gasteiger partial charge in [0.05, 0.1) is 0 Å². The van der Waals surface area contributed by atoms with Gasteiger partial charge in [-0.15, -0.1) is 0 Å². The van der Waals surface area contributed by atoms with Crippen molar-refractivity contribution in [3.8, 4) is 11.1 Å². The summed E-state index contributed by atoms with van der Waals surface area (Å²) in [6, 6.07) is 17.0. The van der Waals surface area contributed by atoms with Gasteiger partial charge in [0.2, 0.25) is 0 Å². The Labute approximate surface area is 183 Å². The average molecular weight is 416 g/mol. The molecule has 2 unspecified atom stereocenters. The van der Waals surface area contributed by atoms with Crippen LogP contribution in [0.1, 0.15) is 56.6 Å². The summed E-state index contributed by atoms with van der Waals surface area (Å²) < 4.78 is 5.91. The lowest BCUT2D eigenvalue weighted by molar-refractivity contribution is -0.120. The van der Waals surface area contributed by atoms with E-state index in [0.717, 1.165) is 31.3 Å². The van der Waals surface area contributed by atoms with E-state index in [-0.39, 0.29) is 35.8 Å². The molecule has 160 valence electrons. The smallest absolute Gasteiger partial charge is 0.410 e. The predicted octanol–water partition coefficient (Wildman–Crippen LogP) is 5.71. The number of fused-ring (bicyclic) bond motifs is 5. The minimum absolute atomic E-state index is 0.0324. The fourth-order valence-electron chi connectivity index (χ4n) is 5.78. The number of allylic oxidation sites excluding steroid dienone is 2. The van der Waals surface area contributed by atoms with Crippen LogP contribution in [-0.2, 0) is 9.53 Å². The first-order valence-corrected chi connectivity index (χ1v) is 11.3. The zero-order chi connectivity index (χ0) is 21.5. The van der Waals surface area contributed by atoms with Crippen molar-refractivity contribution in [2.45, 2.75) is 57.5 Å². The van der Waals surface area contributed by atoms with E-state index in [2.05, 4.69) is 36.4 Å². The van der Waals surface area contributed by atoms with E-state index in [4.69, 9.17) is 4.74 Å². The monoisotopic (exact) mass is 415 g/mol. The largest absolute Gasteiger partial charge is 0.448 e. The molecule has 2 aromatic rings. The molecule has 1 amide bonds. The van der Waals surface area contributed by atoms with Crippen molar-refractivity contribution >= 4 is 11.9 Å². The third kappa shape index (κ3) is 3.58. The highest BCUT2D eigenvalue weighted by molar-refractivity contribution is 5.92. The zero-order valence-electron chi connectivity index (χ0n) is 18.2. The summed E-state index contributed by atoms with van der Waals surface area (Å²) in [5, 5.41) is 0. The summed E-state index contributed by atoms with van der Waals surface area (Å²) >= 11 is 0. The molecule has 0 radical (unpaired) electrons. The fourth-order valence-corrected chi connectivity index (χ4v) is 5.78. The second kappa shape index (κ2) is 7.99. The molecule has 5 rings (SSSR count). The van der Waals surface area contributed by atoms with Crippen molar-refractivity contribution in [2.75, 3.05) is 6.61 Å². The summed E-state index contributed by atoms with van der Waals surface area (Å²) in [6.45, 7) is 4.26. The first-order valence-electron chi connectivity index (χ1n) is 11.3. The Bertz CT molecular complexity index is 992. The molecule has 4 heteroatoms. The summed E-state index contributed by atoms with van der Waals surface area (Å²) in [7, 11) is 0. The second-order valence-corrected chi connectivity index (χ2v) is 9.39. The molecule has 0 saturated carbocycles. The van der Waals surface area contributed by atoms with Gasteiger partial charge in [-0.2, -0.15) is 0 Å². The SMILES string of the molecule is CC(C)=CC(=O)C1CC2CCC(C1)N2C(=O)OCC1c2ccccc2-c2ccccc21. The van der Waals surface area contributed by atoms with Gasteiger partial charge < -0.3 is 9.64 Å². The standard InChI is InChI=1S/C27H29NO3/c1-17(2)13-26(29)18-14-19-11-12-20(15-18)28(19)27(30)31-16-25-23-9-5-3-7-21(23)22-8-4-6-10-24(22)25/h3-10,13,18-20,25H,11-12,14-16H2,1-2H3. The Morgan fingerprint density at radius 1 is 0.935 bits per heavy atom. The number of piperidine rings is 1. The number of amides is 1. The highest BCUT2D eigenvalue weighted by atomic mass is 16.6. The van der Waals surface area contributed by atoms with Crippen LogP contribution in [-0.4, -0.2) is 35.5 Å². The van der Waals surface area contributed by atoms with E-state index in [1.54, 1.807) is 6.08 Å². The summed E-state index contributed by atoms with van der Waals surface area (Å²) in [6.07, 6.45) is 4.98. The van der Waals surface area contributed by atoms with Gasteiger partial charge in [-0.05, 0) is 67.9 Å². The second-order valence-electron chi connectivity index (χ2n) is 9.39. The molecule has 2 atom stereocenters. The number of ether oxygens (including phenoxy) is 1. The molecule has 31 heavy (non-hydrogen) atoms. The lowest BCUT2D eigenvalue weighted by atomic mass is 9.87. The summed E-state index contributed by atoms with van der Waals surface area (Å²) in [5.74, 6) is 0.319. The van der Waals surface area contributed by atoms with Crippen molar-refractivity contribution in [2.24, 2.45) is 5.92 Å². The van der Waals surface area contributed by atoms with E-state index in [9.17, 15) is 9.59 Å². The summed E-state index contributed by atoms with van der Waals surface area (Å²) in [4.78, 5) is 27.6. The number of hydrogen-bond acceptors (Lipinski definition) is 3. The maximum atomic E-state index is 13.1. The minimum atomic E-state index is -0.220. The molecule has 0 spiro atoms. The molecule has 2 bridgehead atoms. The molecule has 0 aromatic heterocycles. The number of ketones is 1. The van der Waals surface area contributed by atoms with Crippen LogP contribution in [0.2, 0.25) is 0 Å². The van der Waals surface area contributed by atoms with Crippen LogP contribution in [0.15, 0.2) is 60.2 Å². The summed E-state index contributed by atoms with van der Waals surface area (Å²) in [5.41, 5.74) is 5.96. The van der Waals surface area contributed by atoms with Crippen molar-refractivity contribution in [3.05, 3.63) is 71.3 Å². The van der Waals surface area contributed by atoms with Crippen molar-refractivity contribution in [1.82, 2.24) is 4.90 Å². The average Bonchev–Trinajstić information content (AvgIpc) is 3.22. The van der Waals surface area contributed by atoms with Crippen molar-refractivity contribution < 1.29 is 14.3 Å². The molecule has 4 nitrogen and oxygen atoms in total. The normalized spacial score (nSPS) is 23.8. The van der Waals surface area contributed by atoms with E-state index < -0.39 is 0 Å². The van der Waals surface area contributed by atoms with Crippen molar-refractivity contribution in [1.29, 1.82) is 0 Å². The number of carbonyl (C=O) groups excluding carboxylic acids is 2. The molecule has 2 fully saturated rings. The first-order chi connectivity index (χ1) is 15.0. The highest BCUT2D eigenvalue weighted by Gasteiger charge is 2.45. The Hall–Kier alpha value is -2.88. The Balaban J connectivity index is 1.28. The molecule has 2 saturated heterocycles. The van der Waals surface area contributed by atoms with Crippen molar-refractivity contribution in [3.63, 3.8) is 0 Å². The first kappa shape index (κ1) is 20.0. The Kier molecular flexibility index (Phi) is 5.17. The predicted molar refractivity (Wildman–Crippen MR) is 121 cm³/mol. The van der Waals surface area contributed by atoms with Gasteiger partial charge in [-0.1, -0.05) is 54.1 Å². The Morgan fingerprint density at radius 2 is 1.48 bits per heavy atom. The van der Waals surface area contributed by atoms with Gasteiger partial charge in [0.15, 0.2) is 5.78 Å². The number of nitrogens with zero attached hydrogens (tertiary/aromatic N) is 1. The van der Waals surface area contributed by atoms with Gasteiger partial charge >= 0.3 is 6.09 Å². The van der Waals surface area contributed by atoms with Crippen LogP contribution in [0.3, 0.4) is 0 Å². The Morgan fingerprint density at radius 3 is 2.03 bits per heavy atom. The molecular weight excluding hydrogens is 386 g/mol. The van der Waals surface area contributed by atoms with Gasteiger partial charge in [0, 0.05) is 23.9 Å². The lowest BCUT2D eigenvalue weighted by Crippen LogP contribution is -2.48. The molecule has 2 aromatic carbocycles. The van der Waals surface area contributed by atoms with Gasteiger partial charge in [0.1, 0.15) is 6.61 Å². The maximum Gasteiger partial charge on any atom is 0.410 e. The zero-order valence-corrected chi connectivity index (χ0v) is 18.2. The molecule has 1 aliphatic carbocycles. The van der Waals surface area contributed by atoms with Crippen LogP contribution < -0.4 is 0 Å². The molecule has 2 heterocycles. The van der Waals surface area contributed by atoms with Gasteiger partial charge in [-0.3, -0.25) is 4.79 Å². The molecule has 2 aliphatic heterocycles. The van der Waals surface area contributed by atoms with Gasteiger partial charge in [-0.25, -0.2) is 4.79 Å². The number of carbonyl (C=O) groups is 2. The number of hydrogen-bond donors (Lipinski definition) is 0. The minimum Gasteiger partial charge on any atom is -0.448 e. The van der Waals surface area contributed by atoms with Crippen LogP contribution in [0.5, 0.6) is 0 Å². The van der Waals surface area contributed by atoms with Gasteiger partial charge in [0.25, 0.3) is 0 Å². The number of benzene rings is 2. The van der Waals surface area contributed by atoms with Crippen LogP contribution >= 0.6 is 0 Å². The quantitative estimate of drug-likeness (QED) is 0.601.